The lowest BCUT2D eigenvalue weighted by Crippen LogP contribution is -1.85. The molecule has 0 bridgehead atoms. The van der Waals surface area contributed by atoms with Gasteiger partial charge < -0.3 is 0 Å². The topological polar surface area (TPSA) is 59.1 Å². The summed E-state index contributed by atoms with van der Waals surface area (Å²) in [4.78, 5) is 2.08. The minimum atomic E-state index is -2.91. The van der Waals surface area contributed by atoms with E-state index in [2.05, 4.69) is 23.9 Å². The molecule has 0 radical (unpaired) electrons. The Kier molecular flexibility index (Phi) is 3.02. The highest BCUT2D eigenvalue weighted by Gasteiger charge is 2.34. The molecule has 1 heterocycles. The zero-order valence-corrected chi connectivity index (χ0v) is 8.38. The summed E-state index contributed by atoms with van der Waals surface area (Å²) in [5, 5.41) is 0. The van der Waals surface area contributed by atoms with E-state index < -0.39 is 10.2 Å². The van der Waals surface area contributed by atoms with Crippen LogP contribution in [-0.4, -0.2) is 19.9 Å². The van der Waals surface area contributed by atoms with Gasteiger partial charge in [-0.3, -0.25) is 0 Å². The molecule has 0 aromatic heterocycles. The van der Waals surface area contributed by atoms with Crippen molar-refractivity contribution in [1.82, 2.24) is 9.25 Å². The lowest BCUT2D eigenvalue weighted by Gasteiger charge is -1.82. The smallest absolute Gasteiger partial charge is 0.192 e. The first-order valence-corrected chi connectivity index (χ1v) is 5.24. The Morgan fingerprint density at radius 2 is 1.62 bits per heavy atom. The van der Waals surface area contributed by atoms with Gasteiger partial charge in [0.25, 0.3) is 0 Å². The molecule has 1 unspecified atom stereocenters. The van der Waals surface area contributed by atoms with Crippen molar-refractivity contribution in [1.29, 1.82) is 0 Å². The molecule has 0 aliphatic carbocycles. The largest absolute Gasteiger partial charge is 0.306 e. The van der Waals surface area contributed by atoms with E-state index in [0.29, 0.717) is 0 Å². The first kappa shape index (κ1) is 10.2. The molecule has 13 heavy (non-hydrogen) atoms. The summed E-state index contributed by atoms with van der Waals surface area (Å²) in [6, 6.07) is 10.3. The Bertz CT molecular complexity index is 361. The molecule has 0 saturated carbocycles. The molecule has 5 heteroatoms. The molecular weight excluding hydrogens is 188 g/mol. The summed E-state index contributed by atoms with van der Waals surface area (Å²) in [6.45, 7) is 2.08. The van der Waals surface area contributed by atoms with Gasteiger partial charge >= 0.3 is 10.2 Å². The maximum Gasteiger partial charge on any atom is 0.306 e. The Hall–Kier alpha value is -0.910. The van der Waals surface area contributed by atoms with Gasteiger partial charge in [0.15, 0.2) is 0 Å². The number of rotatable bonds is 0. The second-order valence-corrected chi connectivity index (χ2v) is 4.40. The Balaban J connectivity index is 0.000000132. The van der Waals surface area contributed by atoms with Gasteiger partial charge in [-0.15, -0.1) is 9.25 Å². The number of hydrogen-bond acceptors (Lipinski definition) is 2. The van der Waals surface area contributed by atoms with E-state index in [1.54, 1.807) is 0 Å². The van der Waals surface area contributed by atoms with Gasteiger partial charge in [0, 0.05) is 7.05 Å². The SMILES string of the molecule is CN1NS1(=O)=O.Cc1ccccc1. The predicted molar refractivity (Wildman–Crippen MR) is 51.0 cm³/mol. The van der Waals surface area contributed by atoms with E-state index in [4.69, 9.17) is 0 Å². The second-order valence-electron chi connectivity index (χ2n) is 2.72. The lowest BCUT2D eigenvalue weighted by molar-refractivity contribution is 0.589. The number of nitrogens with one attached hydrogen (secondary N) is 1. The van der Waals surface area contributed by atoms with Crippen molar-refractivity contribution >= 4 is 10.2 Å². The van der Waals surface area contributed by atoms with Crippen LogP contribution in [0.15, 0.2) is 30.3 Å². The summed E-state index contributed by atoms with van der Waals surface area (Å²) in [5.41, 5.74) is 1.32. The third-order valence-corrected chi connectivity index (χ3v) is 2.66. The third kappa shape index (κ3) is 3.54. The van der Waals surface area contributed by atoms with Crippen LogP contribution in [0, 0.1) is 6.92 Å². The standard InChI is InChI=1S/C7H8.CH4N2O2S/c1-7-5-3-2-4-6-7;1-3-2-6(3,4)5/h2-6H,1H3;2H,1H3. The highest BCUT2D eigenvalue weighted by molar-refractivity contribution is 7.92. The Morgan fingerprint density at radius 3 is 1.77 bits per heavy atom. The van der Waals surface area contributed by atoms with Crippen LogP contribution in [0.25, 0.3) is 0 Å². The van der Waals surface area contributed by atoms with Crippen LogP contribution in [0.2, 0.25) is 0 Å². The van der Waals surface area contributed by atoms with Crippen LogP contribution in [0.3, 0.4) is 0 Å². The second kappa shape index (κ2) is 3.87. The molecule has 1 aliphatic rings. The van der Waals surface area contributed by atoms with Gasteiger partial charge in [0.1, 0.15) is 0 Å². The van der Waals surface area contributed by atoms with Crippen LogP contribution < -0.4 is 4.83 Å². The van der Waals surface area contributed by atoms with Crippen molar-refractivity contribution in [2.75, 3.05) is 7.05 Å². The fourth-order valence-corrected chi connectivity index (χ4v) is 1.15. The van der Waals surface area contributed by atoms with Crippen molar-refractivity contribution < 1.29 is 8.42 Å². The van der Waals surface area contributed by atoms with Crippen LogP contribution in [0.5, 0.6) is 0 Å². The first-order valence-electron chi connectivity index (χ1n) is 3.80. The minimum Gasteiger partial charge on any atom is -0.192 e. The molecule has 1 atom stereocenters. The summed E-state index contributed by atoms with van der Waals surface area (Å²) in [6.07, 6.45) is 0. The van der Waals surface area contributed by atoms with Crippen molar-refractivity contribution in [3.05, 3.63) is 35.9 Å². The van der Waals surface area contributed by atoms with E-state index in [9.17, 15) is 8.42 Å². The number of hydrazine groups is 1. The lowest BCUT2D eigenvalue weighted by atomic mass is 10.2. The molecular formula is C8H12N2O2S. The van der Waals surface area contributed by atoms with Gasteiger partial charge in [-0.2, -0.15) is 8.42 Å². The monoisotopic (exact) mass is 200 g/mol. The molecule has 0 amide bonds. The maximum absolute atomic E-state index is 9.89. The average Bonchev–Trinajstić information content (AvgIpc) is 2.59. The fraction of sp³-hybridized carbons (Fsp3) is 0.250. The minimum absolute atomic E-state index is 1.03. The summed E-state index contributed by atoms with van der Waals surface area (Å²) < 4.78 is 20.8. The number of benzene rings is 1. The first-order chi connectivity index (χ1) is 6.02. The maximum atomic E-state index is 9.89. The zero-order valence-electron chi connectivity index (χ0n) is 7.56. The van der Waals surface area contributed by atoms with Gasteiger partial charge in [0.05, 0.1) is 0 Å². The van der Waals surface area contributed by atoms with E-state index in [1.165, 1.54) is 12.6 Å². The van der Waals surface area contributed by atoms with E-state index in [0.717, 1.165) is 4.41 Å². The summed E-state index contributed by atoms with van der Waals surface area (Å²) >= 11 is 0. The molecule has 4 nitrogen and oxygen atoms in total. The molecule has 72 valence electrons. The van der Waals surface area contributed by atoms with Crippen LogP contribution in [0.4, 0.5) is 0 Å². The molecule has 1 aromatic carbocycles. The molecule has 1 N–H and O–H groups in total. The van der Waals surface area contributed by atoms with Crippen LogP contribution in [0.1, 0.15) is 5.56 Å². The number of hydrogen-bond donors (Lipinski definition) is 1. The van der Waals surface area contributed by atoms with Gasteiger partial charge in [0.2, 0.25) is 0 Å². The molecule has 1 saturated heterocycles. The van der Waals surface area contributed by atoms with Crippen LogP contribution in [-0.2, 0) is 10.2 Å². The van der Waals surface area contributed by atoms with Crippen molar-refractivity contribution in [3.63, 3.8) is 0 Å². The quantitative estimate of drug-likeness (QED) is 0.626. The highest BCUT2D eigenvalue weighted by Crippen LogP contribution is 2.02. The van der Waals surface area contributed by atoms with E-state index >= 15 is 0 Å². The fourth-order valence-electron chi connectivity index (χ4n) is 0.680. The van der Waals surface area contributed by atoms with Crippen LogP contribution >= 0.6 is 0 Å². The van der Waals surface area contributed by atoms with E-state index in [1.807, 2.05) is 18.2 Å². The number of nitrogens with zero attached hydrogens (tertiary/aromatic N) is 1. The molecule has 1 aliphatic heterocycles. The Morgan fingerprint density at radius 1 is 1.23 bits per heavy atom. The Labute approximate surface area is 78.3 Å². The normalized spacial score (nSPS) is 22.8. The molecule has 1 fully saturated rings. The highest BCUT2D eigenvalue weighted by atomic mass is 32.2. The molecule has 1 aromatic rings. The van der Waals surface area contributed by atoms with Gasteiger partial charge in [-0.05, 0) is 6.92 Å². The summed E-state index contributed by atoms with van der Waals surface area (Å²) in [7, 11) is -1.47. The average molecular weight is 200 g/mol. The van der Waals surface area contributed by atoms with E-state index in [-0.39, 0.29) is 0 Å². The van der Waals surface area contributed by atoms with Crippen molar-refractivity contribution in [2.24, 2.45) is 0 Å². The number of aryl methyl sites for hydroxylation is 1. The summed E-state index contributed by atoms with van der Waals surface area (Å²) in [5.74, 6) is 0. The third-order valence-electron chi connectivity index (χ3n) is 1.51. The zero-order chi connectivity index (χ0) is 9.90. The van der Waals surface area contributed by atoms with Crippen molar-refractivity contribution in [2.45, 2.75) is 6.92 Å². The molecule has 0 spiro atoms. The van der Waals surface area contributed by atoms with Gasteiger partial charge in [-0.25, -0.2) is 0 Å². The molecule has 2 rings (SSSR count). The van der Waals surface area contributed by atoms with Crippen molar-refractivity contribution in [3.8, 4) is 0 Å². The predicted octanol–water partition coefficient (Wildman–Crippen LogP) is 0.676. The van der Waals surface area contributed by atoms with Gasteiger partial charge in [-0.1, -0.05) is 35.9 Å².